The lowest BCUT2D eigenvalue weighted by molar-refractivity contribution is -0.116. The molecule has 0 spiro atoms. The SMILES string of the molecule is Cc1nc2ccc(N[C@H](C)C(=O)Nc3ccc(F)c(F)c3F)cc2s1. The van der Waals surface area contributed by atoms with Crippen molar-refractivity contribution in [3.05, 3.63) is 52.8 Å². The lowest BCUT2D eigenvalue weighted by atomic mass is 10.2. The van der Waals surface area contributed by atoms with Crippen LogP contribution in [0.15, 0.2) is 30.3 Å². The molecule has 130 valence electrons. The Kier molecular flexibility index (Phi) is 4.63. The third-order valence-corrected chi connectivity index (χ3v) is 4.50. The van der Waals surface area contributed by atoms with E-state index in [9.17, 15) is 18.0 Å². The van der Waals surface area contributed by atoms with Gasteiger partial charge in [0, 0.05) is 5.69 Å². The molecule has 0 fully saturated rings. The van der Waals surface area contributed by atoms with Gasteiger partial charge in [-0.3, -0.25) is 4.79 Å². The van der Waals surface area contributed by atoms with E-state index in [1.165, 1.54) is 11.3 Å². The minimum Gasteiger partial charge on any atom is -0.374 e. The predicted octanol–water partition coefficient (Wildman–Crippen LogP) is 4.46. The van der Waals surface area contributed by atoms with Crippen molar-refractivity contribution in [1.82, 2.24) is 4.98 Å². The highest BCUT2D eigenvalue weighted by Crippen LogP contribution is 2.25. The van der Waals surface area contributed by atoms with Crippen LogP contribution < -0.4 is 10.6 Å². The lowest BCUT2D eigenvalue weighted by Crippen LogP contribution is -2.32. The molecular formula is C17H14F3N3OS. The molecule has 3 aromatic rings. The molecule has 0 bridgehead atoms. The van der Waals surface area contributed by atoms with Crippen LogP contribution in [0, 0.1) is 24.4 Å². The van der Waals surface area contributed by atoms with Gasteiger partial charge in [-0.2, -0.15) is 0 Å². The van der Waals surface area contributed by atoms with E-state index in [1.807, 2.05) is 19.1 Å². The molecule has 25 heavy (non-hydrogen) atoms. The van der Waals surface area contributed by atoms with E-state index in [0.717, 1.165) is 27.4 Å². The maximum absolute atomic E-state index is 13.6. The average Bonchev–Trinajstić information content (AvgIpc) is 2.94. The van der Waals surface area contributed by atoms with Crippen LogP contribution in [0.1, 0.15) is 11.9 Å². The number of thiazole rings is 1. The Morgan fingerprint density at radius 2 is 1.92 bits per heavy atom. The molecule has 0 radical (unpaired) electrons. The maximum Gasteiger partial charge on any atom is 0.246 e. The Morgan fingerprint density at radius 1 is 1.16 bits per heavy atom. The molecule has 0 aliphatic carbocycles. The first kappa shape index (κ1) is 17.2. The molecule has 0 unspecified atom stereocenters. The van der Waals surface area contributed by atoms with Gasteiger partial charge < -0.3 is 10.6 Å². The van der Waals surface area contributed by atoms with E-state index in [0.29, 0.717) is 5.69 Å². The number of hydrogen-bond acceptors (Lipinski definition) is 4. The number of amides is 1. The summed E-state index contributed by atoms with van der Waals surface area (Å²) in [5.41, 5.74) is 1.16. The van der Waals surface area contributed by atoms with Crippen LogP contribution >= 0.6 is 11.3 Å². The fourth-order valence-corrected chi connectivity index (χ4v) is 3.17. The first-order valence-corrected chi connectivity index (χ1v) is 8.25. The van der Waals surface area contributed by atoms with Gasteiger partial charge in [-0.15, -0.1) is 11.3 Å². The summed E-state index contributed by atoms with van der Waals surface area (Å²) >= 11 is 1.53. The van der Waals surface area contributed by atoms with E-state index in [-0.39, 0.29) is 0 Å². The number of carbonyl (C=O) groups excluding carboxylic acids is 1. The largest absolute Gasteiger partial charge is 0.374 e. The van der Waals surface area contributed by atoms with Crippen LogP contribution in [0.4, 0.5) is 24.5 Å². The Balaban J connectivity index is 1.72. The van der Waals surface area contributed by atoms with Crippen LogP contribution in [0.5, 0.6) is 0 Å². The fourth-order valence-electron chi connectivity index (χ4n) is 2.31. The number of nitrogens with zero attached hydrogens (tertiary/aromatic N) is 1. The normalized spacial score (nSPS) is 12.2. The molecule has 0 saturated heterocycles. The molecule has 4 nitrogen and oxygen atoms in total. The number of rotatable bonds is 4. The standard InChI is InChI=1S/C17H14F3N3OS/c1-8(17(24)23-13-6-4-11(18)15(19)16(13)20)21-10-3-5-12-14(7-10)25-9(2)22-12/h3-8,21H,1-2H3,(H,23,24)/t8-/m1/s1. The summed E-state index contributed by atoms with van der Waals surface area (Å²) in [5.74, 6) is -4.94. The van der Waals surface area contributed by atoms with Crippen LogP contribution in [0.25, 0.3) is 10.2 Å². The molecule has 2 N–H and O–H groups in total. The Bertz CT molecular complexity index is 958. The van der Waals surface area contributed by atoms with Crippen molar-refractivity contribution in [1.29, 1.82) is 0 Å². The van der Waals surface area contributed by atoms with Crippen LogP contribution in [-0.2, 0) is 4.79 Å². The maximum atomic E-state index is 13.6. The van der Waals surface area contributed by atoms with Gasteiger partial charge in [-0.1, -0.05) is 0 Å². The molecule has 0 saturated carbocycles. The molecule has 1 amide bonds. The van der Waals surface area contributed by atoms with Gasteiger partial charge in [0.1, 0.15) is 6.04 Å². The molecule has 8 heteroatoms. The van der Waals surface area contributed by atoms with Gasteiger partial charge >= 0.3 is 0 Å². The van der Waals surface area contributed by atoms with E-state index in [2.05, 4.69) is 15.6 Å². The van der Waals surface area contributed by atoms with Gasteiger partial charge in [0.05, 0.1) is 20.9 Å². The van der Waals surface area contributed by atoms with Gasteiger partial charge in [-0.25, -0.2) is 18.2 Å². The summed E-state index contributed by atoms with van der Waals surface area (Å²) in [5, 5.41) is 6.17. The predicted molar refractivity (Wildman–Crippen MR) is 92.4 cm³/mol. The molecule has 0 aliphatic rings. The van der Waals surface area contributed by atoms with E-state index in [4.69, 9.17) is 0 Å². The number of anilines is 2. The summed E-state index contributed by atoms with van der Waals surface area (Å²) < 4.78 is 40.8. The minimum absolute atomic E-state index is 0.411. The van der Waals surface area contributed by atoms with E-state index in [1.54, 1.807) is 13.0 Å². The summed E-state index contributed by atoms with van der Waals surface area (Å²) in [7, 11) is 0. The van der Waals surface area contributed by atoms with E-state index >= 15 is 0 Å². The van der Waals surface area contributed by atoms with Crippen molar-refractivity contribution >= 4 is 38.8 Å². The highest BCUT2D eigenvalue weighted by Gasteiger charge is 2.18. The molecular weight excluding hydrogens is 351 g/mol. The highest BCUT2D eigenvalue weighted by atomic mass is 32.1. The number of benzene rings is 2. The van der Waals surface area contributed by atoms with Crippen molar-refractivity contribution in [2.45, 2.75) is 19.9 Å². The first-order valence-electron chi connectivity index (χ1n) is 7.43. The number of hydrogen-bond donors (Lipinski definition) is 2. The van der Waals surface area contributed by atoms with E-state index < -0.39 is 35.1 Å². The Hall–Kier alpha value is -2.61. The second kappa shape index (κ2) is 6.72. The van der Waals surface area contributed by atoms with Crippen molar-refractivity contribution in [2.24, 2.45) is 0 Å². The number of fused-ring (bicyclic) bond motifs is 1. The van der Waals surface area contributed by atoms with Gasteiger partial charge in [0.25, 0.3) is 0 Å². The molecule has 0 aliphatic heterocycles. The summed E-state index contributed by atoms with van der Waals surface area (Å²) in [6, 6.07) is 6.49. The van der Waals surface area contributed by atoms with Crippen molar-refractivity contribution in [3.8, 4) is 0 Å². The monoisotopic (exact) mass is 365 g/mol. The highest BCUT2D eigenvalue weighted by molar-refractivity contribution is 7.18. The Labute approximate surface area is 145 Å². The molecule has 3 rings (SSSR count). The van der Waals surface area contributed by atoms with Crippen LogP contribution in [-0.4, -0.2) is 16.9 Å². The van der Waals surface area contributed by atoms with Crippen molar-refractivity contribution < 1.29 is 18.0 Å². The zero-order valence-electron chi connectivity index (χ0n) is 13.4. The fraction of sp³-hybridized carbons (Fsp3) is 0.176. The first-order chi connectivity index (χ1) is 11.8. The van der Waals surface area contributed by atoms with Crippen molar-refractivity contribution in [2.75, 3.05) is 10.6 Å². The quantitative estimate of drug-likeness (QED) is 0.671. The minimum atomic E-state index is -1.62. The number of aryl methyl sites for hydroxylation is 1. The summed E-state index contributed by atoms with van der Waals surface area (Å²) in [6.45, 7) is 3.49. The second-order valence-corrected chi connectivity index (χ2v) is 6.73. The Morgan fingerprint density at radius 3 is 2.68 bits per heavy atom. The molecule has 1 heterocycles. The lowest BCUT2D eigenvalue weighted by Gasteiger charge is -2.16. The number of aromatic nitrogens is 1. The van der Waals surface area contributed by atoms with Crippen LogP contribution in [0.3, 0.4) is 0 Å². The van der Waals surface area contributed by atoms with Gasteiger partial charge in [-0.05, 0) is 44.2 Å². The number of halogens is 3. The third kappa shape index (κ3) is 3.58. The topological polar surface area (TPSA) is 54.0 Å². The average molecular weight is 365 g/mol. The van der Waals surface area contributed by atoms with Gasteiger partial charge in [0.2, 0.25) is 5.91 Å². The molecule has 1 aromatic heterocycles. The van der Waals surface area contributed by atoms with Crippen LogP contribution in [0.2, 0.25) is 0 Å². The summed E-state index contributed by atoms with van der Waals surface area (Å²) in [4.78, 5) is 16.5. The summed E-state index contributed by atoms with van der Waals surface area (Å²) in [6.07, 6.45) is 0. The molecule has 2 aromatic carbocycles. The zero-order chi connectivity index (χ0) is 18.1. The number of carbonyl (C=O) groups is 1. The third-order valence-electron chi connectivity index (χ3n) is 3.56. The zero-order valence-corrected chi connectivity index (χ0v) is 14.2. The second-order valence-electron chi connectivity index (χ2n) is 5.49. The smallest absolute Gasteiger partial charge is 0.246 e. The molecule has 1 atom stereocenters. The van der Waals surface area contributed by atoms with Crippen molar-refractivity contribution in [3.63, 3.8) is 0 Å². The van der Waals surface area contributed by atoms with Gasteiger partial charge in [0.15, 0.2) is 17.5 Å². The number of nitrogens with one attached hydrogen (secondary N) is 2.